The van der Waals surface area contributed by atoms with Crippen molar-refractivity contribution in [2.75, 3.05) is 12.8 Å². The van der Waals surface area contributed by atoms with Crippen LogP contribution in [-0.4, -0.2) is 31.1 Å². The number of esters is 1. The van der Waals surface area contributed by atoms with Crippen LogP contribution < -0.4 is 15.8 Å². The van der Waals surface area contributed by atoms with Gasteiger partial charge in [0.2, 0.25) is 0 Å². The van der Waals surface area contributed by atoms with E-state index in [1.807, 2.05) is 0 Å². The number of rotatable bonds is 5. The molecule has 21 heavy (non-hydrogen) atoms. The Labute approximate surface area is 127 Å². The molecule has 0 aliphatic heterocycles. The first-order valence-corrected chi connectivity index (χ1v) is 6.94. The van der Waals surface area contributed by atoms with Crippen molar-refractivity contribution in [2.45, 2.75) is 31.9 Å². The molecule has 1 aromatic carbocycles. The number of hydrogen-bond donors (Lipinski definition) is 2. The number of carbonyl (C=O) groups excluding carboxylic acids is 2. The average Bonchev–Trinajstić information content (AvgIpc) is 3.24. The normalized spacial score (nSPS) is 15.2. The van der Waals surface area contributed by atoms with Gasteiger partial charge < -0.3 is 20.5 Å². The first kappa shape index (κ1) is 15.4. The van der Waals surface area contributed by atoms with Crippen LogP contribution in [0.5, 0.6) is 5.75 Å². The molecule has 0 aromatic heterocycles. The number of ether oxygens (including phenoxy) is 2. The minimum absolute atomic E-state index is 0.128. The Bertz CT molecular complexity index is 572. The highest BCUT2D eigenvalue weighted by atomic mass is 35.5. The number of nitrogen functional groups attached to an aromatic ring is 1. The van der Waals surface area contributed by atoms with Crippen LogP contribution in [0.2, 0.25) is 5.02 Å². The van der Waals surface area contributed by atoms with Gasteiger partial charge in [-0.05, 0) is 25.8 Å². The molecule has 0 radical (unpaired) electrons. The van der Waals surface area contributed by atoms with Crippen LogP contribution in [0.4, 0.5) is 5.69 Å². The first-order valence-electron chi connectivity index (χ1n) is 6.56. The predicted octanol–water partition coefficient (Wildman–Crippen LogP) is 1.75. The van der Waals surface area contributed by atoms with Gasteiger partial charge in [0.1, 0.15) is 11.3 Å². The van der Waals surface area contributed by atoms with Gasteiger partial charge in [0.25, 0.3) is 5.91 Å². The van der Waals surface area contributed by atoms with Gasteiger partial charge in [-0.25, -0.2) is 4.79 Å². The summed E-state index contributed by atoms with van der Waals surface area (Å²) in [5, 5.41) is 2.99. The fourth-order valence-corrected chi connectivity index (χ4v) is 1.88. The second-order valence-corrected chi connectivity index (χ2v) is 5.31. The van der Waals surface area contributed by atoms with Crippen LogP contribution in [0.3, 0.4) is 0 Å². The van der Waals surface area contributed by atoms with Gasteiger partial charge >= 0.3 is 5.97 Å². The van der Waals surface area contributed by atoms with Crippen molar-refractivity contribution in [3.63, 3.8) is 0 Å². The van der Waals surface area contributed by atoms with Crippen molar-refractivity contribution in [1.29, 1.82) is 0 Å². The molecular formula is C14H17ClN2O4. The van der Waals surface area contributed by atoms with E-state index in [0.29, 0.717) is 5.69 Å². The van der Waals surface area contributed by atoms with E-state index in [1.54, 1.807) is 0 Å². The summed E-state index contributed by atoms with van der Waals surface area (Å²) in [4.78, 5) is 23.9. The molecule has 1 atom stereocenters. The standard InChI is InChI=1S/C14H17ClN2O4/c1-7(13(18)17-8-3-4-8)21-14(19)9-5-10(15)11(16)6-12(9)20-2/h5-8H,3-4,16H2,1-2H3,(H,17,18)/t7-/m0/s1. The minimum atomic E-state index is -0.890. The summed E-state index contributed by atoms with van der Waals surface area (Å²) in [7, 11) is 1.41. The topological polar surface area (TPSA) is 90.7 Å². The Kier molecular flexibility index (Phi) is 4.57. The summed E-state index contributed by atoms with van der Waals surface area (Å²) in [6, 6.07) is 3.01. The Morgan fingerprint density at radius 2 is 2.10 bits per heavy atom. The van der Waals surface area contributed by atoms with Crippen LogP contribution in [0.15, 0.2) is 12.1 Å². The van der Waals surface area contributed by atoms with Crippen LogP contribution in [0.1, 0.15) is 30.1 Å². The molecule has 1 fully saturated rings. The van der Waals surface area contributed by atoms with E-state index in [4.69, 9.17) is 26.8 Å². The fraction of sp³-hybridized carbons (Fsp3) is 0.429. The molecule has 0 saturated heterocycles. The molecule has 0 heterocycles. The van der Waals surface area contributed by atoms with Crippen molar-refractivity contribution < 1.29 is 19.1 Å². The Morgan fingerprint density at radius 3 is 2.67 bits per heavy atom. The first-order chi connectivity index (χ1) is 9.92. The summed E-state index contributed by atoms with van der Waals surface area (Å²) in [5.74, 6) is -0.754. The molecule has 0 bridgehead atoms. The number of nitrogens with one attached hydrogen (secondary N) is 1. The van der Waals surface area contributed by atoms with Gasteiger partial charge in [-0.2, -0.15) is 0 Å². The van der Waals surface area contributed by atoms with Gasteiger partial charge in [-0.1, -0.05) is 11.6 Å². The molecule has 2 rings (SSSR count). The van der Waals surface area contributed by atoms with Crippen LogP contribution >= 0.6 is 11.6 Å². The molecule has 3 N–H and O–H groups in total. The summed E-state index contributed by atoms with van der Waals surface area (Å²) in [6.45, 7) is 1.51. The maximum atomic E-state index is 12.1. The number of nitrogens with two attached hydrogens (primary N) is 1. The zero-order valence-electron chi connectivity index (χ0n) is 11.8. The van der Waals surface area contributed by atoms with Gasteiger partial charge in [0.05, 0.1) is 17.8 Å². The zero-order valence-corrected chi connectivity index (χ0v) is 12.6. The third-order valence-electron chi connectivity index (χ3n) is 3.12. The minimum Gasteiger partial charge on any atom is -0.496 e. The van der Waals surface area contributed by atoms with Gasteiger partial charge in [0.15, 0.2) is 6.10 Å². The van der Waals surface area contributed by atoms with E-state index in [-0.39, 0.29) is 28.3 Å². The highest BCUT2D eigenvalue weighted by molar-refractivity contribution is 6.33. The number of amides is 1. The molecule has 1 aliphatic rings. The largest absolute Gasteiger partial charge is 0.496 e. The van der Waals surface area contributed by atoms with Crippen LogP contribution in [0.25, 0.3) is 0 Å². The van der Waals surface area contributed by atoms with Gasteiger partial charge in [-0.3, -0.25) is 4.79 Å². The molecule has 114 valence electrons. The highest BCUT2D eigenvalue weighted by Gasteiger charge is 2.28. The predicted molar refractivity (Wildman–Crippen MR) is 78.5 cm³/mol. The Hall–Kier alpha value is -1.95. The number of methoxy groups -OCH3 is 1. The van der Waals surface area contributed by atoms with E-state index >= 15 is 0 Å². The van der Waals surface area contributed by atoms with E-state index in [2.05, 4.69) is 5.32 Å². The molecule has 1 amide bonds. The van der Waals surface area contributed by atoms with Crippen LogP contribution in [0, 0.1) is 0 Å². The molecule has 7 heteroatoms. The van der Waals surface area contributed by atoms with Crippen molar-refractivity contribution >= 4 is 29.2 Å². The maximum absolute atomic E-state index is 12.1. The number of anilines is 1. The number of hydrogen-bond acceptors (Lipinski definition) is 5. The lowest BCUT2D eigenvalue weighted by Gasteiger charge is -2.15. The number of halogens is 1. The lowest BCUT2D eigenvalue weighted by atomic mass is 10.2. The van der Waals surface area contributed by atoms with Crippen molar-refractivity contribution in [3.05, 3.63) is 22.7 Å². The van der Waals surface area contributed by atoms with E-state index in [0.717, 1.165) is 12.8 Å². The van der Waals surface area contributed by atoms with Gasteiger partial charge in [0, 0.05) is 12.1 Å². The SMILES string of the molecule is COc1cc(N)c(Cl)cc1C(=O)O[C@@H](C)C(=O)NC1CC1. The molecule has 0 unspecified atom stereocenters. The third kappa shape index (κ3) is 3.78. The monoisotopic (exact) mass is 312 g/mol. The highest BCUT2D eigenvalue weighted by Crippen LogP contribution is 2.29. The summed E-state index contributed by atoms with van der Waals surface area (Å²) < 4.78 is 10.2. The summed E-state index contributed by atoms with van der Waals surface area (Å²) in [6.07, 6.45) is 1.04. The maximum Gasteiger partial charge on any atom is 0.342 e. The van der Waals surface area contributed by atoms with E-state index in [9.17, 15) is 9.59 Å². The summed E-state index contributed by atoms with van der Waals surface area (Å²) >= 11 is 5.90. The number of carbonyl (C=O) groups is 2. The fourth-order valence-electron chi connectivity index (χ4n) is 1.72. The van der Waals surface area contributed by atoms with E-state index in [1.165, 1.54) is 26.2 Å². The van der Waals surface area contributed by atoms with E-state index < -0.39 is 12.1 Å². The smallest absolute Gasteiger partial charge is 0.342 e. The Morgan fingerprint density at radius 1 is 1.43 bits per heavy atom. The Balaban J connectivity index is 2.08. The lowest BCUT2D eigenvalue weighted by molar-refractivity contribution is -0.129. The molecule has 1 aromatic rings. The lowest BCUT2D eigenvalue weighted by Crippen LogP contribution is -2.37. The second kappa shape index (κ2) is 6.22. The summed E-state index contributed by atoms with van der Waals surface area (Å²) in [5.41, 5.74) is 6.07. The molecule has 1 saturated carbocycles. The molecule has 1 aliphatic carbocycles. The zero-order chi connectivity index (χ0) is 15.6. The van der Waals surface area contributed by atoms with Crippen LogP contribution in [-0.2, 0) is 9.53 Å². The van der Waals surface area contributed by atoms with Gasteiger partial charge in [-0.15, -0.1) is 0 Å². The molecular weight excluding hydrogens is 296 g/mol. The quantitative estimate of drug-likeness (QED) is 0.638. The molecule has 6 nitrogen and oxygen atoms in total. The second-order valence-electron chi connectivity index (χ2n) is 4.90. The third-order valence-corrected chi connectivity index (χ3v) is 3.44. The molecule has 0 spiro atoms. The van der Waals surface area contributed by atoms with Crippen molar-refractivity contribution in [1.82, 2.24) is 5.32 Å². The number of benzene rings is 1. The van der Waals surface area contributed by atoms with Crippen molar-refractivity contribution in [2.24, 2.45) is 0 Å². The van der Waals surface area contributed by atoms with Crippen molar-refractivity contribution in [3.8, 4) is 5.75 Å². The average molecular weight is 313 g/mol.